The van der Waals surface area contributed by atoms with Crippen molar-refractivity contribution in [3.63, 3.8) is 0 Å². The van der Waals surface area contributed by atoms with E-state index in [9.17, 15) is 22.8 Å². The number of carbonyl (C=O) groups excluding carboxylic acids is 3. The summed E-state index contributed by atoms with van der Waals surface area (Å²) in [4.78, 5) is 39.5. The number of sulfonamides is 1. The van der Waals surface area contributed by atoms with Crippen LogP contribution in [0.2, 0.25) is 0 Å². The summed E-state index contributed by atoms with van der Waals surface area (Å²) in [5.41, 5.74) is 1.59. The molecule has 0 aliphatic carbocycles. The number of urea groups is 1. The summed E-state index contributed by atoms with van der Waals surface area (Å²) in [5, 5.41) is 3.30. The Balaban J connectivity index is 1.59. The molecular formula is C19H27N5O6S. The van der Waals surface area contributed by atoms with Gasteiger partial charge in [0.05, 0.1) is 19.4 Å². The van der Waals surface area contributed by atoms with Crippen molar-refractivity contribution in [3.05, 3.63) is 29.8 Å². The Morgan fingerprint density at radius 3 is 2.32 bits per heavy atom. The molecule has 1 aromatic rings. The molecule has 0 bridgehead atoms. The number of rotatable bonds is 7. The van der Waals surface area contributed by atoms with Crippen LogP contribution in [0.25, 0.3) is 0 Å². The van der Waals surface area contributed by atoms with Crippen LogP contribution in [0.5, 0.6) is 5.75 Å². The van der Waals surface area contributed by atoms with Crippen LogP contribution in [0, 0.1) is 0 Å². The van der Waals surface area contributed by atoms with Crippen LogP contribution < -0.4 is 15.5 Å². The first kappa shape index (κ1) is 23.0. The maximum absolute atomic E-state index is 12.9. The second kappa shape index (κ2) is 8.81. The van der Waals surface area contributed by atoms with Crippen molar-refractivity contribution >= 4 is 27.9 Å². The van der Waals surface area contributed by atoms with Gasteiger partial charge in [-0.15, -0.1) is 0 Å². The van der Waals surface area contributed by atoms with Crippen molar-refractivity contribution in [2.45, 2.75) is 19.4 Å². The van der Waals surface area contributed by atoms with Gasteiger partial charge in [-0.05, 0) is 31.5 Å². The maximum atomic E-state index is 12.9. The molecule has 0 radical (unpaired) electrons. The number of nitrogens with zero attached hydrogens (tertiary/aromatic N) is 3. The van der Waals surface area contributed by atoms with Crippen molar-refractivity contribution in [2.75, 3.05) is 45.6 Å². The minimum absolute atomic E-state index is 0.0344. The molecule has 12 heteroatoms. The highest BCUT2D eigenvalue weighted by Gasteiger charge is 2.50. The van der Waals surface area contributed by atoms with E-state index in [1.54, 1.807) is 43.0 Å². The summed E-state index contributed by atoms with van der Waals surface area (Å²) >= 11 is 0. The number of hydrogen-bond donors (Lipinski definition) is 2. The Hall–Kier alpha value is -2.70. The van der Waals surface area contributed by atoms with E-state index in [4.69, 9.17) is 4.74 Å². The van der Waals surface area contributed by atoms with Crippen LogP contribution in [0.4, 0.5) is 4.79 Å². The van der Waals surface area contributed by atoms with E-state index < -0.39 is 33.4 Å². The van der Waals surface area contributed by atoms with Crippen LogP contribution in [0.15, 0.2) is 24.3 Å². The second-order valence-corrected chi connectivity index (χ2v) is 9.79. The molecule has 2 heterocycles. The van der Waals surface area contributed by atoms with Gasteiger partial charge in [0.1, 0.15) is 11.3 Å². The molecule has 0 aromatic heterocycles. The fraction of sp³-hybridized carbons (Fsp3) is 0.526. The summed E-state index contributed by atoms with van der Waals surface area (Å²) in [6, 6.07) is 5.98. The molecule has 1 unspecified atom stereocenters. The van der Waals surface area contributed by atoms with E-state index >= 15 is 0 Å². The van der Waals surface area contributed by atoms with Crippen molar-refractivity contribution in [1.29, 1.82) is 0 Å². The molecule has 31 heavy (non-hydrogen) atoms. The van der Waals surface area contributed by atoms with E-state index in [1.807, 2.05) is 0 Å². The van der Waals surface area contributed by atoms with Gasteiger partial charge >= 0.3 is 6.03 Å². The van der Waals surface area contributed by atoms with E-state index in [0.717, 1.165) is 0 Å². The SMILES string of the molecule is CCS(=O)(=O)N1CCN(CC(=O)NN2C(=O)NC(C)(c3ccc(OC)cc3)C2=O)CC1. The van der Waals surface area contributed by atoms with Gasteiger partial charge in [0.25, 0.3) is 11.8 Å². The monoisotopic (exact) mass is 453 g/mol. The average molecular weight is 454 g/mol. The Morgan fingerprint density at radius 1 is 1.16 bits per heavy atom. The van der Waals surface area contributed by atoms with Gasteiger partial charge < -0.3 is 10.1 Å². The number of ether oxygens (including phenoxy) is 1. The third-order valence-corrected chi connectivity index (χ3v) is 7.43. The quantitative estimate of drug-likeness (QED) is 0.531. The predicted molar refractivity (Wildman–Crippen MR) is 111 cm³/mol. The number of methoxy groups -OCH3 is 1. The Labute approximate surface area is 181 Å². The van der Waals surface area contributed by atoms with Gasteiger partial charge in [-0.2, -0.15) is 9.31 Å². The molecule has 0 spiro atoms. The molecule has 4 amide bonds. The molecule has 1 aromatic carbocycles. The van der Waals surface area contributed by atoms with E-state index in [2.05, 4.69) is 10.7 Å². The van der Waals surface area contributed by atoms with Gasteiger partial charge in [0.2, 0.25) is 10.0 Å². The van der Waals surface area contributed by atoms with Crippen LogP contribution in [0.3, 0.4) is 0 Å². The number of carbonyl (C=O) groups is 3. The molecule has 1 atom stereocenters. The molecule has 2 aliphatic heterocycles. The maximum Gasteiger partial charge on any atom is 0.344 e. The van der Waals surface area contributed by atoms with Gasteiger partial charge in [0, 0.05) is 26.2 Å². The largest absolute Gasteiger partial charge is 0.497 e. The van der Waals surface area contributed by atoms with Crippen LogP contribution in [0.1, 0.15) is 19.4 Å². The number of benzene rings is 1. The van der Waals surface area contributed by atoms with Gasteiger partial charge in [0.15, 0.2) is 0 Å². The van der Waals surface area contributed by atoms with E-state index in [-0.39, 0.29) is 12.3 Å². The minimum Gasteiger partial charge on any atom is -0.497 e. The highest BCUT2D eigenvalue weighted by atomic mass is 32.2. The van der Waals surface area contributed by atoms with Crippen molar-refractivity contribution in [3.8, 4) is 5.75 Å². The molecule has 2 saturated heterocycles. The lowest BCUT2D eigenvalue weighted by Gasteiger charge is -2.33. The Kier molecular flexibility index (Phi) is 6.53. The third-order valence-electron chi connectivity index (χ3n) is 5.55. The van der Waals surface area contributed by atoms with Gasteiger partial charge in [-0.1, -0.05) is 12.1 Å². The molecule has 2 fully saturated rings. The highest BCUT2D eigenvalue weighted by molar-refractivity contribution is 7.89. The van der Waals surface area contributed by atoms with Crippen LogP contribution in [-0.4, -0.2) is 86.1 Å². The molecule has 170 valence electrons. The average Bonchev–Trinajstić information content (AvgIpc) is 2.98. The number of nitrogens with one attached hydrogen (secondary N) is 2. The van der Waals surface area contributed by atoms with Crippen molar-refractivity contribution < 1.29 is 27.5 Å². The van der Waals surface area contributed by atoms with Crippen molar-refractivity contribution in [2.24, 2.45) is 0 Å². The number of amides is 4. The van der Waals surface area contributed by atoms with Gasteiger partial charge in [-0.25, -0.2) is 13.2 Å². The lowest BCUT2D eigenvalue weighted by Crippen LogP contribution is -2.54. The second-order valence-electron chi connectivity index (χ2n) is 7.53. The molecular weight excluding hydrogens is 426 g/mol. The first-order valence-corrected chi connectivity index (χ1v) is 11.5. The van der Waals surface area contributed by atoms with Crippen molar-refractivity contribution in [1.82, 2.24) is 25.0 Å². The fourth-order valence-electron chi connectivity index (χ4n) is 3.57. The Bertz CT molecular complexity index is 959. The first-order valence-electron chi connectivity index (χ1n) is 9.91. The normalized spacial score (nSPS) is 23.0. The number of hydrogen-bond acceptors (Lipinski definition) is 7. The summed E-state index contributed by atoms with van der Waals surface area (Å²) < 4.78 is 30.4. The number of imide groups is 1. The molecule has 0 saturated carbocycles. The molecule has 2 aliphatic rings. The first-order chi connectivity index (χ1) is 14.6. The molecule has 2 N–H and O–H groups in total. The number of hydrazine groups is 1. The lowest BCUT2D eigenvalue weighted by atomic mass is 9.92. The van der Waals surface area contributed by atoms with E-state index in [0.29, 0.717) is 42.5 Å². The van der Waals surface area contributed by atoms with Gasteiger partial charge in [-0.3, -0.25) is 19.9 Å². The zero-order valence-electron chi connectivity index (χ0n) is 17.8. The molecule has 3 rings (SSSR count). The molecule has 11 nitrogen and oxygen atoms in total. The fourth-order valence-corrected chi connectivity index (χ4v) is 4.66. The zero-order valence-corrected chi connectivity index (χ0v) is 18.6. The number of piperazine rings is 1. The predicted octanol–water partition coefficient (Wildman–Crippen LogP) is -0.539. The topological polar surface area (TPSA) is 128 Å². The van der Waals surface area contributed by atoms with Crippen LogP contribution in [-0.2, 0) is 25.2 Å². The zero-order chi connectivity index (χ0) is 22.8. The summed E-state index contributed by atoms with van der Waals surface area (Å²) in [7, 11) is -1.73. The van der Waals surface area contributed by atoms with Crippen LogP contribution >= 0.6 is 0 Å². The standard InChI is InChI=1S/C19H27N5O6S/c1-4-31(28,29)23-11-9-22(10-12-23)13-16(25)21-24-17(26)19(2,20-18(24)27)14-5-7-15(30-3)8-6-14/h5-8H,4,9-13H2,1-3H3,(H,20,27)(H,21,25). The lowest BCUT2D eigenvalue weighted by molar-refractivity contribution is -0.139. The van der Waals surface area contributed by atoms with E-state index in [1.165, 1.54) is 11.4 Å². The third kappa shape index (κ3) is 4.65. The highest BCUT2D eigenvalue weighted by Crippen LogP contribution is 2.29. The summed E-state index contributed by atoms with van der Waals surface area (Å²) in [6.45, 7) is 4.45. The Morgan fingerprint density at radius 2 is 1.77 bits per heavy atom. The summed E-state index contributed by atoms with van der Waals surface area (Å²) in [6.07, 6.45) is 0. The summed E-state index contributed by atoms with van der Waals surface area (Å²) in [5.74, 6) is -0.489. The minimum atomic E-state index is -3.26. The smallest absolute Gasteiger partial charge is 0.344 e.